The summed E-state index contributed by atoms with van der Waals surface area (Å²) < 4.78 is 2.76. The Labute approximate surface area is 120 Å². The molecule has 19 heavy (non-hydrogen) atoms. The number of amides is 1. The molecule has 0 saturated heterocycles. The number of nitrogens with two attached hydrogens (primary N) is 1. The van der Waals surface area contributed by atoms with Crippen LogP contribution in [-0.4, -0.2) is 10.5 Å². The van der Waals surface area contributed by atoms with Crippen LogP contribution in [0.3, 0.4) is 0 Å². The standard InChI is InChI=1S/C14H16BrN3O/c1-10(16)11-5-6-18(8-11)9-14(19)17-13-4-2-3-12(15)7-13/h2-8,10H,9,16H2,1H3,(H,17,19). The van der Waals surface area contributed by atoms with Crippen molar-refractivity contribution in [2.75, 3.05) is 5.32 Å². The van der Waals surface area contributed by atoms with Gasteiger partial charge in [0.15, 0.2) is 0 Å². The minimum atomic E-state index is -0.0649. The summed E-state index contributed by atoms with van der Waals surface area (Å²) >= 11 is 3.37. The van der Waals surface area contributed by atoms with Gasteiger partial charge in [0.2, 0.25) is 5.91 Å². The molecule has 0 aliphatic carbocycles. The Bertz CT molecular complexity index is 578. The van der Waals surface area contributed by atoms with E-state index in [4.69, 9.17) is 5.73 Å². The minimum Gasteiger partial charge on any atom is -0.345 e. The molecule has 2 aromatic rings. The maximum atomic E-state index is 11.9. The van der Waals surface area contributed by atoms with Gasteiger partial charge in [-0.2, -0.15) is 0 Å². The summed E-state index contributed by atoms with van der Waals surface area (Å²) in [6, 6.07) is 9.42. The molecule has 100 valence electrons. The summed E-state index contributed by atoms with van der Waals surface area (Å²) in [4.78, 5) is 11.9. The van der Waals surface area contributed by atoms with Crippen LogP contribution in [0.15, 0.2) is 47.2 Å². The Morgan fingerprint density at radius 1 is 1.47 bits per heavy atom. The van der Waals surface area contributed by atoms with Gasteiger partial charge in [0.1, 0.15) is 6.54 Å². The first-order valence-electron chi connectivity index (χ1n) is 6.01. The molecule has 3 N–H and O–H groups in total. The fraction of sp³-hybridized carbons (Fsp3) is 0.214. The molecule has 0 spiro atoms. The summed E-state index contributed by atoms with van der Waals surface area (Å²) in [6.07, 6.45) is 3.75. The lowest BCUT2D eigenvalue weighted by molar-refractivity contribution is -0.116. The van der Waals surface area contributed by atoms with Gasteiger partial charge in [0, 0.05) is 28.6 Å². The third kappa shape index (κ3) is 3.94. The van der Waals surface area contributed by atoms with Gasteiger partial charge in [-0.3, -0.25) is 4.79 Å². The van der Waals surface area contributed by atoms with Gasteiger partial charge in [-0.15, -0.1) is 0 Å². The fourth-order valence-corrected chi connectivity index (χ4v) is 2.16. The number of rotatable bonds is 4. The first-order chi connectivity index (χ1) is 9.04. The van der Waals surface area contributed by atoms with Crippen molar-refractivity contribution in [2.24, 2.45) is 5.73 Å². The van der Waals surface area contributed by atoms with Crippen LogP contribution < -0.4 is 11.1 Å². The largest absolute Gasteiger partial charge is 0.345 e. The third-order valence-corrected chi connectivity index (χ3v) is 3.23. The quantitative estimate of drug-likeness (QED) is 0.909. The van der Waals surface area contributed by atoms with E-state index in [-0.39, 0.29) is 18.5 Å². The average molecular weight is 322 g/mol. The van der Waals surface area contributed by atoms with Crippen molar-refractivity contribution in [3.05, 3.63) is 52.8 Å². The second-order valence-electron chi connectivity index (χ2n) is 4.46. The first kappa shape index (κ1) is 13.8. The zero-order chi connectivity index (χ0) is 13.8. The SMILES string of the molecule is CC(N)c1ccn(CC(=O)Nc2cccc(Br)c2)c1. The number of anilines is 1. The van der Waals surface area contributed by atoms with Crippen molar-refractivity contribution in [3.8, 4) is 0 Å². The highest BCUT2D eigenvalue weighted by Crippen LogP contribution is 2.16. The van der Waals surface area contributed by atoms with Crippen LogP contribution in [0.5, 0.6) is 0 Å². The molecule has 1 aromatic carbocycles. The maximum Gasteiger partial charge on any atom is 0.244 e. The molecule has 0 saturated carbocycles. The molecule has 0 aliphatic rings. The molecule has 1 amide bonds. The highest BCUT2D eigenvalue weighted by atomic mass is 79.9. The van der Waals surface area contributed by atoms with Crippen LogP contribution in [-0.2, 0) is 11.3 Å². The van der Waals surface area contributed by atoms with Crippen LogP contribution in [0.25, 0.3) is 0 Å². The summed E-state index contributed by atoms with van der Waals surface area (Å²) in [6.45, 7) is 2.19. The zero-order valence-electron chi connectivity index (χ0n) is 10.6. The Kier molecular flexibility index (Phi) is 4.39. The number of carbonyl (C=O) groups is 1. The van der Waals surface area contributed by atoms with E-state index in [0.29, 0.717) is 0 Å². The van der Waals surface area contributed by atoms with E-state index in [1.807, 2.05) is 54.2 Å². The molecule has 0 radical (unpaired) electrons. The molecule has 1 atom stereocenters. The number of hydrogen-bond donors (Lipinski definition) is 2. The van der Waals surface area contributed by atoms with Crippen molar-refractivity contribution < 1.29 is 4.79 Å². The Morgan fingerprint density at radius 2 is 2.26 bits per heavy atom. The smallest absolute Gasteiger partial charge is 0.244 e. The van der Waals surface area contributed by atoms with E-state index in [2.05, 4.69) is 21.2 Å². The van der Waals surface area contributed by atoms with Gasteiger partial charge in [0.25, 0.3) is 0 Å². The Hall–Kier alpha value is -1.59. The van der Waals surface area contributed by atoms with Crippen LogP contribution in [0, 0.1) is 0 Å². The summed E-state index contributed by atoms with van der Waals surface area (Å²) in [7, 11) is 0. The van der Waals surface area contributed by atoms with E-state index in [9.17, 15) is 4.79 Å². The van der Waals surface area contributed by atoms with Gasteiger partial charge >= 0.3 is 0 Å². The fourth-order valence-electron chi connectivity index (χ4n) is 1.76. The zero-order valence-corrected chi connectivity index (χ0v) is 12.2. The maximum absolute atomic E-state index is 11.9. The number of nitrogens with zero attached hydrogens (tertiary/aromatic N) is 1. The minimum absolute atomic E-state index is 0.0191. The van der Waals surface area contributed by atoms with Gasteiger partial charge in [-0.1, -0.05) is 22.0 Å². The molecule has 1 aromatic heterocycles. The molecule has 4 nitrogen and oxygen atoms in total. The summed E-state index contributed by atoms with van der Waals surface area (Å²) in [5, 5.41) is 2.85. The normalized spacial score (nSPS) is 12.2. The van der Waals surface area contributed by atoms with Gasteiger partial charge in [0.05, 0.1) is 0 Å². The lowest BCUT2D eigenvalue weighted by Gasteiger charge is -2.06. The molecule has 2 rings (SSSR count). The number of aromatic nitrogens is 1. The van der Waals surface area contributed by atoms with Crippen molar-refractivity contribution >= 4 is 27.5 Å². The van der Waals surface area contributed by atoms with Crippen molar-refractivity contribution in [1.82, 2.24) is 4.57 Å². The van der Waals surface area contributed by atoms with E-state index >= 15 is 0 Å². The van der Waals surface area contributed by atoms with E-state index in [1.54, 1.807) is 0 Å². The van der Waals surface area contributed by atoms with Crippen LogP contribution in [0.2, 0.25) is 0 Å². The van der Waals surface area contributed by atoms with Crippen LogP contribution in [0.1, 0.15) is 18.5 Å². The van der Waals surface area contributed by atoms with Crippen molar-refractivity contribution in [1.29, 1.82) is 0 Å². The monoisotopic (exact) mass is 321 g/mol. The highest BCUT2D eigenvalue weighted by molar-refractivity contribution is 9.10. The van der Waals surface area contributed by atoms with Crippen LogP contribution in [0.4, 0.5) is 5.69 Å². The molecule has 0 bridgehead atoms. The van der Waals surface area contributed by atoms with Gasteiger partial charge < -0.3 is 15.6 Å². The van der Waals surface area contributed by atoms with Crippen molar-refractivity contribution in [2.45, 2.75) is 19.5 Å². The molecule has 0 fully saturated rings. The second-order valence-corrected chi connectivity index (χ2v) is 5.38. The molecule has 1 unspecified atom stereocenters. The number of hydrogen-bond acceptors (Lipinski definition) is 2. The van der Waals surface area contributed by atoms with Gasteiger partial charge in [-0.05, 0) is 36.8 Å². The lowest BCUT2D eigenvalue weighted by atomic mass is 10.2. The number of benzene rings is 1. The Morgan fingerprint density at radius 3 is 2.89 bits per heavy atom. The topological polar surface area (TPSA) is 60.0 Å². The first-order valence-corrected chi connectivity index (χ1v) is 6.80. The predicted octanol–water partition coefficient (Wildman–Crippen LogP) is 2.91. The third-order valence-electron chi connectivity index (χ3n) is 2.73. The summed E-state index contributed by atoms with van der Waals surface area (Å²) in [5.74, 6) is -0.0649. The number of halogens is 1. The molecular weight excluding hydrogens is 306 g/mol. The Balaban J connectivity index is 1.97. The number of carbonyl (C=O) groups excluding carboxylic acids is 1. The van der Waals surface area contributed by atoms with E-state index in [1.165, 1.54) is 0 Å². The lowest BCUT2D eigenvalue weighted by Crippen LogP contribution is -2.17. The molecule has 0 aliphatic heterocycles. The number of nitrogens with one attached hydrogen (secondary N) is 1. The van der Waals surface area contributed by atoms with Crippen LogP contribution >= 0.6 is 15.9 Å². The van der Waals surface area contributed by atoms with E-state index in [0.717, 1.165) is 15.7 Å². The second kappa shape index (κ2) is 6.04. The highest BCUT2D eigenvalue weighted by Gasteiger charge is 2.06. The van der Waals surface area contributed by atoms with Gasteiger partial charge in [-0.25, -0.2) is 0 Å². The van der Waals surface area contributed by atoms with Crippen molar-refractivity contribution in [3.63, 3.8) is 0 Å². The molecule has 1 heterocycles. The molecular formula is C14H16BrN3O. The average Bonchev–Trinajstić information content (AvgIpc) is 2.77. The predicted molar refractivity (Wildman–Crippen MR) is 79.8 cm³/mol. The molecule has 5 heteroatoms. The van der Waals surface area contributed by atoms with E-state index < -0.39 is 0 Å². The summed E-state index contributed by atoms with van der Waals surface area (Å²) in [5.41, 5.74) is 7.58.